The molecule has 3 rings (SSSR count). The zero-order valence-electron chi connectivity index (χ0n) is 15.5. The van der Waals surface area contributed by atoms with Crippen LogP contribution in [0.4, 0.5) is 0 Å². The van der Waals surface area contributed by atoms with Gasteiger partial charge in [0.15, 0.2) is 11.2 Å². The van der Waals surface area contributed by atoms with E-state index in [9.17, 15) is 14.4 Å². The van der Waals surface area contributed by atoms with Crippen LogP contribution in [0.3, 0.4) is 0 Å². The van der Waals surface area contributed by atoms with E-state index >= 15 is 0 Å². The van der Waals surface area contributed by atoms with Crippen molar-refractivity contribution in [3.05, 3.63) is 76.4 Å². The van der Waals surface area contributed by atoms with E-state index in [-0.39, 0.29) is 37.3 Å². The molecule has 0 fully saturated rings. The van der Waals surface area contributed by atoms with Crippen molar-refractivity contribution in [2.75, 3.05) is 13.2 Å². The average molecular weight is 380 g/mol. The standard InChI is InChI=1S/C21H20N2O5/c1-2-27-20(25)9-11-23(14-15-6-5-10-22-13-15)21(26)19-12-17(24)16-7-3-4-8-18(16)28-19/h3-8,10,12-13H,2,9,11,14H2,1H3. The minimum absolute atomic E-state index is 0.0393. The molecule has 0 saturated heterocycles. The van der Waals surface area contributed by atoms with Crippen LogP contribution in [-0.2, 0) is 16.1 Å². The molecule has 0 saturated carbocycles. The van der Waals surface area contributed by atoms with Crippen molar-refractivity contribution in [1.82, 2.24) is 9.88 Å². The van der Waals surface area contributed by atoms with E-state index in [2.05, 4.69) is 4.98 Å². The first-order valence-corrected chi connectivity index (χ1v) is 8.95. The number of carbonyl (C=O) groups excluding carboxylic acids is 2. The monoisotopic (exact) mass is 380 g/mol. The molecule has 7 heteroatoms. The largest absolute Gasteiger partial charge is 0.466 e. The van der Waals surface area contributed by atoms with Crippen LogP contribution in [-0.4, -0.2) is 34.9 Å². The molecule has 0 atom stereocenters. The molecular formula is C21H20N2O5. The summed E-state index contributed by atoms with van der Waals surface area (Å²) in [5.74, 6) is -0.945. The number of nitrogens with zero attached hydrogens (tertiary/aromatic N) is 2. The zero-order chi connectivity index (χ0) is 19.9. The van der Waals surface area contributed by atoms with Crippen LogP contribution in [0, 0.1) is 0 Å². The highest BCUT2D eigenvalue weighted by molar-refractivity contribution is 5.93. The first-order valence-electron chi connectivity index (χ1n) is 8.95. The number of rotatable bonds is 7. The van der Waals surface area contributed by atoms with Crippen molar-refractivity contribution in [3.63, 3.8) is 0 Å². The second-order valence-corrected chi connectivity index (χ2v) is 6.11. The number of aromatic nitrogens is 1. The van der Waals surface area contributed by atoms with Gasteiger partial charge >= 0.3 is 5.97 Å². The number of benzene rings is 1. The van der Waals surface area contributed by atoms with E-state index in [1.807, 2.05) is 6.07 Å². The van der Waals surface area contributed by atoms with Gasteiger partial charge in [0.1, 0.15) is 5.58 Å². The molecule has 0 aliphatic carbocycles. The number of amides is 1. The molecule has 0 radical (unpaired) electrons. The zero-order valence-corrected chi connectivity index (χ0v) is 15.5. The molecule has 28 heavy (non-hydrogen) atoms. The van der Waals surface area contributed by atoms with Crippen molar-refractivity contribution >= 4 is 22.8 Å². The maximum absolute atomic E-state index is 13.0. The Labute approximate surface area is 161 Å². The van der Waals surface area contributed by atoms with Crippen LogP contribution in [0.2, 0.25) is 0 Å². The van der Waals surface area contributed by atoms with E-state index in [1.165, 1.54) is 11.0 Å². The summed E-state index contributed by atoms with van der Waals surface area (Å²) in [6.45, 7) is 2.35. The molecular weight excluding hydrogens is 360 g/mol. The summed E-state index contributed by atoms with van der Waals surface area (Å²) in [7, 11) is 0. The second kappa shape index (κ2) is 8.94. The normalized spacial score (nSPS) is 10.6. The Balaban J connectivity index is 1.88. The maximum Gasteiger partial charge on any atom is 0.307 e. The van der Waals surface area contributed by atoms with Crippen LogP contribution in [0.1, 0.15) is 29.5 Å². The number of fused-ring (bicyclic) bond motifs is 1. The van der Waals surface area contributed by atoms with Crippen LogP contribution in [0.15, 0.2) is 64.1 Å². The summed E-state index contributed by atoms with van der Waals surface area (Å²) < 4.78 is 10.6. The lowest BCUT2D eigenvalue weighted by Crippen LogP contribution is -2.33. The van der Waals surface area contributed by atoms with Gasteiger partial charge in [0, 0.05) is 31.5 Å². The smallest absolute Gasteiger partial charge is 0.307 e. The van der Waals surface area contributed by atoms with Gasteiger partial charge in [-0.05, 0) is 30.7 Å². The summed E-state index contributed by atoms with van der Waals surface area (Å²) in [6, 6.07) is 11.5. The first-order chi connectivity index (χ1) is 13.6. The van der Waals surface area contributed by atoms with Crippen molar-refractivity contribution in [3.8, 4) is 0 Å². The third kappa shape index (κ3) is 4.62. The highest BCUT2D eigenvalue weighted by atomic mass is 16.5. The fourth-order valence-corrected chi connectivity index (χ4v) is 2.79. The molecule has 0 N–H and O–H groups in total. The Hall–Kier alpha value is -3.48. The summed E-state index contributed by atoms with van der Waals surface area (Å²) in [5.41, 5.74) is 0.838. The minimum Gasteiger partial charge on any atom is -0.466 e. The van der Waals surface area contributed by atoms with Crippen molar-refractivity contribution in [2.24, 2.45) is 0 Å². The molecule has 0 bridgehead atoms. The van der Waals surface area contributed by atoms with Crippen LogP contribution in [0.5, 0.6) is 0 Å². The van der Waals surface area contributed by atoms with E-state index in [0.717, 1.165) is 5.56 Å². The molecule has 7 nitrogen and oxygen atoms in total. The summed E-state index contributed by atoms with van der Waals surface area (Å²) >= 11 is 0. The van der Waals surface area contributed by atoms with Gasteiger partial charge in [0.25, 0.3) is 5.91 Å². The van der Waals surface area contributed by atoms with Crippen molar-refractivity contribution < 1.29 is 18.7 Å². The lowest BCUT2D eigenvalue weighted by Gasteiger charge is -2.22. The van der Waals surface area contributed by atoms with Gasteiger partial charge in [-0.1, -0.05) is 18.2 Å². The van der Waals surface area contributed by atoms with Gasteiger partial charge in [-0.15, -0.1) is 0 Å². The summed E-state index contributed by atoms with van der Waals surface area (Å²) in [5, 5.41) is 0.407. The van der Waals surface area contributed by atoms with E-state index in [1.54, 1.807) is 49.6 Å². The molecule has 0 aliphatic rings. The molecule has 3 aromatic rings. The Morgan fingerprint density at radius 1 is 1.18 bits per heavy atom. The SMILES string of the molecule is CCOC(=O)CCN(Cc1cccnc1)C(=O)c1cc(=O)c2ccccc2o1. The van der Waals surface area contributed by atoms with Crippen LogP contribution in [0.25, 0.3) is 11.0 Å². The van der Waals surface area contributed by atoms with Gasteiger partial charge in [-0.25, -0.2) is 0 Å². The molecule has 0 unspecified atom stereocenters. The predicted molar refractivity (Wildman–Crippen MR) is 103 cm³/mol. The molecule has 0 spiro atoms. The number of para-hydroxylation sites is 1. The highest BCUT2D eigenvalue weighted by Crippen LogP contribution is 2.15. The molecule has 1 aromatic carbocycles. The average Bonchev–Trinajstić information content (AvgIpc) is 2.71. The molecule has 1 amide bonds. The fourth-order valence-electron chi connectivity index (χ4n) is 2.79. The Morgan fingerprint density at radius 2 is 2.00 bits per heavy atom. The maximum atomic E-state index is 13.0. The highest BCUT2D eigenvalue weighted by Gasteiger charge is 2.21. The van der Waals surface area contributed by atoms with Gasteiger partial charge in [-0.2, -0.15) is 0 Å². The second-order valence-electron chi connectivity index (χ2n) is 6.11. The molecule has 2 heterocycles. The van der Waals surface area contributed by atoms with Gasteiger partial charge < -0.3 is 14.1 Å². The lowest BCUT2D eigenvalue weighted by molar-refractivity contribution is -0.143. The fraction of sp³-hybridized carbons (Fsp3) is 0.238. The quantitative estimate of drug-likeness (QED) is 0.586. The third-order valence-corrected chi connectivity index (χ3v) is 4.12. The number of carbonyl (C=O) groups is 2. The summed E-state index contributed by atoms with van der Waals surface area (Å²) in [6.07, 6.45) is 3.31. The minimum atomic E-state index is -0.476. The Kier molecular flexibility index (Phi) is 6.16. The van der Waals surface area contributed by atoms with Crippen molar-refractivity contribution in [1.29, 1.82) is 0 Å². The first kappa shape index (κ1) is 19.3. The molecule has 2 aromatic heterocycles. The topological polar surface area (TPSA) is 89.7 Å². The number of pyridine rings is 1. The van der Waals surface area contributed by atoms with Crippen LogP contribution >= 0.6 is 0 Å². The summed E-state index contributed by atoms with van der Waals surface area (Å²) in [4.78, 5) is 42.6. The van der Waals surface area contributed by atoms with Gasteiger partial charge in [0.2, 0.25) is 0 Å². The van der Waals surface area contributed by atoms with Crippen molar-refractivity contribution in [2.45, 2.75) is 19.9 Å². The van der Waals surface area contributed by atoms with E-state index in [0.29, 0.717) is 11.0 Å². The van der Waals surface area contributed by atoms with Gasteiger partial charge in [0.05, 0.1) is 18.4 Å². The molecule has 144 valence electrons. The predicted octanol–water partition coefficient (Wildman–Crippen LogP) is 2.78. The number of hydrogen-bond donors (Lipinski definition) is 0. The van der Waals surface area contributed by atoms with Gasteiger partial charge in [-0.3, -0.25) is 19.4 Å². The lowest BCUT2D eigenvalue weighted by atomic mass is 10.2. The Morgan fingerprint density at radius 3 is 2.75 bits per heavy atom. The third-order valence-electron chi connectivity index (χ3n) is 4.12. The van der Waals surface area contributed by atoms with Crippen LogP contribution < -0.4 is 5.43 Å². The Bertz CT molecular complexity index is 1030. The van der Waals surface area contributed by atoms with E-state index in [4.69, 9.17) is 9.15 Å². The number of esters is 1. The number of hydrogen-bond acceptors (Lipinski definition) is 6. The van der Waals surface area contributed by atoms with E-state index < -0.39 is 11.9 Å². The molecule has 0 aliphatic heterocycles. The number of ether oxygens (including phenoxy) is 1.